The molecule has 0 spiro atoms. The fourth-order valence-corrected chi connectivity index (χ4v) is 2.34. The van der Waals surface area contributed by atoms with Gasteiger partial charge < -0.3 is 9.47 Å². The molecular weight excluding hydrogens is 260 g/mol. The summed E-state index contributed by atoms with van der Waals surface area (Å²) in [6.45, 7) is 2.61. The van der Waals surface area contributed by atoms with E-state index in [-0.39, 0.29) is 0 Å². The van der Waals surface area contributed by atoms with Crippen molar-refractivity contribution in [2.45, 2.75) is 57.7 Å². The van der Waals surface area contributed by atoms with Crippen LogP contribution in [0, 0.1) is 0 Å². The standard InChI is InChI=1S/C19H28O2/c1(3-5-10-14-19-17-21-19)2-4-6-11-15-20-16-18-12-8-7-9-13-18/h3,5,7-9,12-13,19H,1-2,4,6,10-11,14-17H2/b5-3+/t19-/m0/s1. The molecule has 0 aromatic heterocycles. The molecule has 1 atom stereocenters. The average Bonchev–Trinajstić information content (AvgIpc) is 3.34. The average molecular weight is 288 g/mol. The summed E-state index contributed by atoms with van der Waals surface area (Å²) >= 11 is 0. The van der Waals surface area contributed by atoms with Crippen LogP contribution in [-0.2, 0) is 16.1 Å². The van der Waals surface area contributed by atoms with Gasteiger partial charge in [-0.25, -0.2) is 0 Å². The minimum atomic E-state index is 0.575. The summed E-state index contributed by atoms with van der Waals surface area (Å²) in [6, 6.07) is 10.4. The fraction of sp³-hybridized carbons (Fsp3) is 0.579. The zero-order chi connectivity index (χ0) is 14.6. The number of benzene rings is 1. The Hall–Kier alpha value is -1.12. The molecule has 1 aromatic rings. The Balaban J connectivity index is 1.32. The first-order valence-corrected chi connectivity index (χ1v) is 8.33. The summed E-state index contributed by atoms with van der Waals surface area (Å²) in [5.41, 5.74) is 1.26. The van der Waals surface area contributed by atoms with Gasteiger partial charge in [-0.2, -0.15) is 0 Å². The van der Waals surface area contributed by atoms with E-state index in [1.807, 2.05) is 6.07 Å². The molecule has 1 aliphatic rings. The van der Waals surface area contributed by atoms with Crippen LogP contribution >= 0.6 is 0 Å². The topological polar surface area (TPSA) is 21.8 Å². The van der Waals surface area contributed by atoms with E-state index < -0.39 is 0 Å². The summed E-state index contributed by atoms with van der Waals surface area (Å²) in [6.07, 6.45) is 13.9. The highest BCUT2D eigenvalue weighted by atomic mass is 16.6. The molecule has 0 saturated carbocycles. The maximum atomic E-state index is 5.68. The van der Waals surface area contributed by atoms with E-state index in [9.17, 15) is 0 Å². The number of hydrogen-bond donors (Lipinski definition) is 0. The van der Waals surface area contributed by atoms with E-state index in [0.29, 0.717) is 6.10 Å². The van der Waals surface area contributed by atoms with Crippen molar-refractivity contribution in [3.63, 3.8) is 0 Å². The van der Waals surface area contributed by atoms with Crippen LogP contribution in [-0.4, -0.2) is 19.3 Å². The SMILES string of the molecule is C(=C\CC[C@H]1CO1)/CCCCCCOCc1ccccc1. The lowest BCUT2D eigenvalue weighted by molar-refractivity contribution is 0.117. The highest BCUT2D eigenvalue weighted by Gasteiger charge is 2.20. The maximum Gasteiger partial charge on any atom is 0.0812 e. The highest BCUT2D eigenvalue weighted by molar-refractivity contribution is 5.13. The zero-order valence-corrected chi connectivity index (χ0v) is 13.0. The molecule has 0 aliphatic carbocycles. The van der Waals surface area contributed by atoms with E-state index in [2.05, 4.69) is 36.4 Å². The third-order valence-corrected chi connectivity index (χ3v) is 3.75. The Labute approximate surface area is 129 Å². The quantitative estimate of drug-likeness (QED) is 0.310. The predicted molar refractivity (Wildman–Crippen MR) is 87.3 cm³/mol. The second kappa shape index (κ2) is 10.6. The summed E-state index contributed by atoms with van der Waals surface area (Å²) in [7, 11) is 0. The van der Waals surface area contributed by atoms with Crippen molar-refractivity contribution < 1.29 is 9.47 Å². The van der Waals surface area contributed by atoms with Gasteiger partial charge in [0.25, 0.3) is 0 Å². The van der Waals surface area contributed by atoms with Gasteiger partial charge in [0, 0.05) is 6.61 Å². The van der Waals surface area contributed by atoms with Crippen molar-refractivity contribution in [2.24, 2.45) is 0 Å². The fourth-order valence-electron chi connectivity index (χ4n) is 2.34. The number of epoxide rings is 1. The predicted octanol–water partition coefficient (Wildman–Crippen LogP) is 4.89. The first-order chi connectivity index (χ1) is 10.4. The molecule has 1 saturated heterocycles. The maximum absolute atomic E-state index is 5.68. The van der Waals surface area contributed by atoms with Crippen LogP contribution in [0.4, 0.5) is 0 Å². The Kier molecular flexibility index (Phi) is 8.19. The molecular formula is C19H28O2. The molecule has 2 nitrogen and oxygen atoms in total. The number of hydrogen-bond acceptors (Lipinski definition) is 2. The van der Waals surface area contributed by atoms with Crippen LogP contribution < -0.4 is 0 Å². The van der Waals surface area contributed by atoms with E-state index in [1.165, 1.54) is 50.5 Å². The van der Waals surface area contributed by atoms with Crippen molar-refractivity contribution in [3.8, 4) is 0 Å². The van der Waals surface area contributed by atoms with E-state index in [4.69, 9.17) is 9.47 Å². The highest BCUT2D eigenvalue weighted by Crippen LogP contribution is 2.15. The molecule has 2 rings (SSSR count). The third kappa shape index (κ3) is 8.69. The Morgan fingerprint density at radius 3 is 2.57 bits per heavy atom. The van der Waals surface area contributed by atoms with Crippen molar-refractivity contribution in [1.82, 2.24) is 0 Å². The molecule has 116 valence electrons. The van der Waals surface area contributed by atoms with Gasteiger partial charge in [-0.3, -0.25) is 0 Å². The molecule has 0 amide bonds. The lowest BCUT2D eigenvalue weighted by Crippen LogP contribution is -1.95. The Morgan fingerprint density at radius 1 is 1.00 bits per heavy atom. The minimum absolute atomic E-state index is 0.575. The normalized spacial score (nSPS) is 17.4. The number of unbranched alkanes of at least 4 members (excludes halogenated alkanes) is 4. The smallest absolute Gasteiger partial charge is 0.0812 e. The van der Waals surface area contributed by atoms with Crippen LogP contribution in [0.15, 0.2) is 42.5 Å². The van der Waals surface area contributed by atoms with Crippen LogP contribution in [0.3, 0.4) is 0 Å². The van der Waals surface area contributed by atoms with Gasteiger partial charge in [0.1, 0.15) is 0 Å². The van der Waals surface area contributed by atoms with Gasteiger partial charge >= 0.3 is 0 Å². The molecule has 2 heteroatoms. The molecule has 0 radical (unpaired) electrons. The summed E-state index contributed by atoms with van der Waals surface area (Å²) in [4.78, 5) is 0. The van der Waals surface area contributed by atoms with Gasteiger partial charge in [-0.1, -0.05) is 55.3 Å². The van der Waals surface area contributed by atoms with Gasteiger partial charge in [0.05, 0.1) is 19.3 Å². The van der Waals surface area contributed by atoms with Gasteiger partial charge in [-0.15, -0.1) is 0 Å². The molecule has 0 N–H and O–H groups in total. The monoisotopic (exact) mass is 288 g/mol. The molecule has 1 fully saturated rings. The van der Waals surface area contributed by atoms with E-state index in [1.54, 1.807) is 0 Å². The molecule has 1 aliphatic heterocycles. The van der Waals surface area contributed by atoms with Crippen LogP contribution in [0.1, 0.15) is 50.5 Å². The lowest BCUT2D eigenvalue weighted by atomic mass is 10.1. The van der Waals surface area contributed by atoms with E-state index >= 15 is 0 Å². The van der Waals surface area contributed by atoms with Crippen molar-refractivity contribution in [1.29, 1.82) is 0 Å². The molecule has 1 aromatic carbocycles. The van der Waals surface area contributed by atoms with E-state index in [0.717, 1.165) is 19.8 Å². The first-order valence-electron chi connectivity index (χ1n) is 8.33. The summed E-state index contributed by atoms with van der Waals surface area (Å²) < 4.78 is 10.9. The van der Waals surface area contributed by atoms with Gasteiger partial charge in [0.2, 0.25) is 0 Å². The Morgan fingerprint density at radius 2 is 1.76 bits per heavy atom. The Bertz CT molecular complexity index is 382. The summed E-state index contributed by atoms with van der Waals surface area (Å²) in [5, 5.41) is 0. The van der Waals surface area contributed by atoms with Crippen LogP contribution in [0.2, 0.25) is 0 Å². The first kappa shape index (κ1) is 16.3. The minimum Gasteiger partial charge on any atom is -0.377 e. The second-order valence-electron chi connectivity index (χ2n) is 5.75. The second-order valence-corrected chi connectivity index (χ2v) is 5.75. The van der Waals surface area contributed by atoms with Crippen molar-refractivity contribution in [2.75, 3.05) is 13.2 Å². The van der Waals surface area contributed by atoms with Crippen molar-refractivity contribution >= 4 is 0 Å². The number of ether oxygens (including phenoxy) is 2. The van der Waals surface area contributed by atoms with Gasteiger partial charge in [0.15, 0.2) is 0 Å². The zero-order valence-electron chi connectivity index (χ0n) is 13.0. The lowest BCUT2D eigenvalue weighted by Gasteiger charge is -2.04. The molecule has 0 unspecified atom stereocenters. The number of allylic oxidation sites excluding steroid dienone is 2. The van der Waals surface area contributed by atoms with Crippen LogP contribution in [0.5, 0.6) is 0 Å². The molecule has 0 bridgehead atoms. The van der Waals surface area contributed by atoms with Gasteiger partial charge in [-0.05, 0) is 37.7 Å². The molecule has 1 heterocycles. The summed E-state index contributed by atoms with van der Waals surface area (Å²) in [5.74, 6) is 0. The number of rotatable bonds is 12. The van der Waals surface area contributed by atoms with Crippen molar-refractivity contribution in [3.05, 3.63) is 48.0 Å². The van der Waals surface area contributed by atoms with Crippen LogP contribution in [0.25, 0.3) is 0 Å². The largest absolute Gasteiger partial charge is 0.377 e. The third-order valence-electron chi connectivity index (χ3n) is 3.75. The molecule has 21 heavy (non-hydrogen) atoms.